The molecule has 0 saturated carbocycles. The molecule has 4 aromatic rings. The summed E-state index contributed by atoms with van der Waals surface area (Å²) in [4.78, 5) is 25.9. The van der Waals surface area contributed by atoms with Crippen LogP contribution in [-0.4, -0.2) is 15.7 Å². The van der Waals surface area contributed by atoms with Gasteiger partial charge in [-0.2, -0.15) is 5.10 Å². The first-order valence-electron chi connectivity index (χ1n) is 8.81. The highest BCUT2D eigenvalue weighted by molar-refractivity contribution is 7.26. The number of nitrogens with zero attached hydrogens (tertiary/aromatic N) is 2. The Hall–Kier alpha value is -2.93. The van der Waals surface area contributed by atoms with E-state index >= 15 is 0 Å². The Bertz CT molecular complexity index is 1170. The number of aromatic nitrogens is 2. The van der Waals surface area contributed by atoms with Crippen LogP contribution in [0.25, 0.3) is 20.2 Å². The number of aryl methyl sites for hydroxylation is 1. The number of thiophene rings is 1. The van der Waals surface area contributed by atoms with Crippen molar-refractivity contribution in [2.45, 2.75) is 32.9 Å². The number of rotatable bonds is 5. The van der Waals surface area contributed by atoms with Crippen molar-refractivity contribution in [3.05, 3.63) is 64.5 Å². The monoisotopic (exact) mass is 381 g/mol. The molecule has 0 aliphatic heterocycles. The van der Waals surface area contributed by atoms with Gasteiger partial charge in [-0.1, -0.05) is 25.1 Å². The van der Waals surface area contributed by atoms with Crippen LogP contribution in [0.4, 0.5) is 0 Å². The third-order valence-electron chi connectivity index (χ3n) is 4.61. The fourth-order valence-electron chi connectivity index (χ4n) is 3.27. The van der Waals surface area contributed by atoms with Gasteiger partial charge in [0.15, 0.2) is 0 Å². The summed E-state index contributed by atoms with van der Waals surface area (Å²) in [7, 11) is 0. The predicted molar refractivity (Wildman–Crippen MR) is 106 cm³/mol. The Morgan fingerprint density at radius 2 is 2.11 bits per heavy atom. The van der Waals surface area contributed by atoms with Crippen LogP contribution in [0, 0.1) is 6.92 Å². The van der Waals surface area contributed by atoms with Crippen LogP contribution in [0.3, 0.4) is 0 Å². The smallest absolute Gasteiger partial charge is 0.276 e. The van der Waals surface area contributed by atoms with Crippen LogP contribution in [0.1, 0.15) is 30.8 Å². The van der Waals surface area contributed by atoms with Gasteiger partial charge >= 0.3 is 0 Å². The summed E-state index contributed by atoms with van der Waals surface area (Å²) in [5.74, 6) is 0.413. The Morgan fingerprint density at radius 1 is 1.30 bits per heavy atom. The zero-order valence-electron chi connectivity index (χ0n) is 15.1. The van der Waals surface area contributed by atoms with Gasteiger partial charge in [0, 0.05) is 10.1 Å². The molecule has 0 unspecified atom stereocenters. The first kappa shape index (κ1) is 17.5. The summed E-state index contributed by atoms with van der Waals surface area (Å²) < 4.78 is 8.49. The van der Waals surface area contributed by atoms with Crippen molar-refractivity contribution in [3.63, 3.8) is 0 Å². The first-order valence-corrected chi connectivity index (χ1v) is 9.62. The third-order valence-corrected chi connectivity index (χ3v) is 5.88. The Labute approximate surface area is 159 Å². The SMILES string of the molecule is CC[C@H](C(=O)NCc1ccco1)n1nc(C)c2sc3ccccc3c2c1=O. The van der Waals surface area contributed by atoms with Crippen molar-refractivity contribution in [2.24, 2.45) is 0 Å². The number of nitrogens with one attached hydrogen (secondary N) is 1. The molecule has 4 rings (SSSR count). The molecule has 0 aliphatic carbocycles. The fraction of sp³-hybridized carbons (Fsp3) is 0.250. The highest BCUT2D eigenvalue weighted by Gasteiger charge is 2.24. The lowest BCUT2D eigenvalue weighted by Gasteiger charge is -2.17. The molecule has 1 atom stereocenters. The minimum absolute atomic E-state index is 0.229. The van der Waals surface area contributed by atoms with Crippen LogP contribution in [0.15, 0.2) is 51.9 Å². The highest BCUT2D eigenvalue weighted by atomic mass is 32.1. The molecule has 1 aromatic carbocycles. The van der Waals surface area contributed by atoms with E-state index in [1.807, 2.05) is 38.1 Å². The van der Waals surface area contributed by atoms with Crippen molar-refractivity contribution >= 4 is 37.4 Å². The molecule has 6 nitrogen and oxygen atoms in total. The third kappa shape index (κ3) is 3.04. The molecule has 1 amide bonds. The Morgan fingerprint density at radius 3 is 2.85 bits per heavy atom. The zero-order valence-corrected chi connectivity index (χ0v) is 15.9. The molecule has 7 heteroatoms. The fourth-order valence-corrected chi connectivity index (χ4v) is 4.40. The second-order valence-electron chi connectivity index (χ2n) is 6.36. The maximum absolute atomic E-state index is 13.2. The van der Waals surface area contributed by atoms with Crippen molar-refractivity contribution in [3.8, 4) is 0 Å². The Kier molecular flexibility index (Phi) is 4.53. The van der Waals surface area contributed by atoms with Crippen LogP contribution >= 0.6 is 11.3 Å². The lowest BCUT2D eigenvalue weighted by atomic mass is 10.1. The number of carbonyl (C=O) groups is 1. The number of hydrogen-bond donors (Lipinski definition) is 1. The number of hydrogen-bond acceptors (Lipinski definition) is 5. The molecule has 0 bridgehead atoms. The van der Waals surface area contributed by atoms with Gasteiger partial charge in [-0.05, 0) is 31.5 Å². The molecule has 0 aliphatic rings. The van der Waals surface area contributed by atoms with Crippen molar-refractivity contribution < 1.29 is 9.21 Å². The van der Waals surface area contributed by atoms with E-state index in [0.29, 0.717) is 17.6 Å². The van der Waals surface area contributed by atoms with E-state index in [-0.39, 0.29) is 18.0 Å². The van der Waals surface area contributed by atoms with Crippen LogP contribution in [0.2, 0.25) is 0 Å². The van der Waals surface area contributed by atoms with Gasteiger partial charge in [-0.3, -0.25) is 9.59 Å². The molecule has 0 radical (unpaired) electrons. The van der Waals surface area contributed by atoms with E-state index in [4.69, 9.17) is 4.42 Å². The number of fused-ring (bicyclic) bond motifs is 3. The van der Waals surface area contributed by atoms with E-state index in [0.717, 1.165) is 20.5 Å². The molecule has 3 aromatic heterocycles. The van der Waals surface area contributed by atoms with Crippen molar-refractivity contribution in [1.29, 1.82) is 0 Å². The molecular weight excluding hydrogens is 362 g/mol. The average molecular weight is 381 g/mol. The van der Waals surface area contributed by atoms with Gasteiger partial charge in [0.1, 0.15) is 11.8 Å². The molecule has 1 N–H and O–H groups in total. The summed E-state index contributed by atoms with van der Waals surface area (Å²) in [6.07, 6.45) is 2.02. The number of amides is 1. The van der Waals surface area contributed by atoms with Crippen LogP contribution in [0.5, 0.6) is 0 Å². The minimum Gasteiger partial charge on any atom is -0.467 e. The standard InChI is InChI=1S/C20H19N3O3S/c1-3-15(19(24)21-11-13-7-6-10-26-13)23-20(25)17-14-8-4-5-9-16(14)27-18(17)12(2)22-23/h4-10,15H,3,11H2,1-2H3,(H,21,24)/t15-/m1/s1. The molecule has 0 spiro atoms. The van der Waals surface area contributed by atoms with Crippen LogP contribution < -0.4 is 10.9 Å². The largest absolute Gasteiger partial charge is 0.467 e. The van der Waals surface area contributed by atoms with Gasteiger partial charge < -0.3 is 9.73 Å². The minimum atomic E-state index is -0.672. The van der Waals surface area contributed by atoms with Gasteiger partial charge in [0.25, 0.3) is 5.56 Å². The summed E-state index contributed by atoms with van der Waals surface area (Å²) in [6, 6.07) is 10.7. The normalized spacial score (nSPS) is 12.5. The van der Waals surface area contributed by atoms with E-state index in [1.165, 1.54) is 4.68 Å². The molecule has 3 heterocycles. The maximum Gasteiger partial charge on any atom is 0.276 e. The lowest BCUT2D eigenvalue weighted by molar-refractivity contribution is -0.125. The average Bonchev–Trinajstić information content (AvgIpc) is 3.32. The topological polar surface area (TPSA) is 77.1 Å². The second-order valence-corrected chi connectivity index (χ2v) is 7.41. The molecule has 0 saturated heterocycles. The van der Waals surface area contributed by atoms with E-state index in [2.05, 4.69) is 10.4 Å². The number of benzene rings is 1. The quantitative estimate of drug-likeness (QED) is 0.571. The van der Waals surface area contributed by atoms with Crippen molar-refractivity contribution in [1.82, 2.24) is 15.1 Å². The maximum atomic E-state index is 13.2. The van der Waals surface area contributed by atoms with Gasteiger partial charge in [-0.15, -0.1) is 11.3 Å². The summed E-state index contributed by atoms with van der Waals surface area (Å²) in [6.45, 7) is 4.03. The van der Waals surface area contributed by atoms with Crippen LogP contribution in [-0.2, 0) is 11.3 Å². The first-order chi connectivity index (χ1) is 13.1. The summed E-state index contributed by atoms with van der Waals surface area (Å²) in [5.41, 5.74) is 0.524. The van der Waals surface area contributed by atoms with E-state index in [1.54, 1.807) is 29.7 Å². The molecular formula is C20H19N3O3S. The Balaban J connectivity index is 1.77. The predicted octanol–water partition coefficient (Wildman–Crippen LogP) is 3.78. The lowest BCUT2D eigenvalue weighted by Crippen LogP contribution is -2.38. The highest BCUT2D eigenvalue weighted by Crippen LogP contribution is 2.33. The van der Waals surface area contributed by atoms with E-state index in [9.17, 15) is 9.59 Å². The molecule has 138 valence electrons. The number of furan rings is 1. The van der Waals surface area contributed by atoms with Gasteiger partial charge in [0.05, 0.1) is 28.6 Å². The molecule has 0 fully saturated rings. The van der Waals surface area contributed by atoms with E-state index < -0.39 is 6.04 Å². The number of carbonyl (C=O) groups excluding carboxylic acids is 1. The van der Waals surface area contributed by atoms with Gasteiger partial charge in [-0.25, -0.2) is 4.68 Å². The van der Waals surface area contributed by atoms with Gasteiger partial charge in [0.2, 0.25) is 5.91 Å². The second kappa shape index (κ2) is 7.00. The summed E-state index contributed by atoms with van der Waals surface area (Å²) >= 11 is 1.56. The summed E-state index contributed by atoms with van der Waals surface area (Å²) in [5, 5.41) is 8.84. The zero-order chi connectivity index (χ0) is 19.0. The molecule has 27 heavy (non-hydrogen) atoms. The van der Waals surface area contributed by atoms with Crippen molar-refractivity contribution in [2.75, 3.05) is 0 Å².